The maximum atomic E-state index is 8.79. The van der Waals surface area contributed by atoms with Crippen LogP contribution < -0.4 is 0 Å². The molecule has 0 bridgehead atoms. The molecule has 0 aromatic carbocycles. The minimum atomic E-state index is -0.247. The van der Waals surface area contributed by atoms with E-state index in [-0.39, 0.29) is 5.60 Å². The van der Waals surface area contributed by atoms with Gasteiger partial charge in [-0.25, -0.2) is 0 Å². The molecule has 2 rings (SSSR count). The molecule has 0 amide bonds. The zero-order valence-corrected chi connectivity index (χ0v) is 12.0. The van der Waals surface area contributed by atoms with E-state index in [0.717, 1.165) is 51.1 Å². The molecule has 19 heavy (non-hydrogen) atoms. The third-order valence-corrected chi connectivity index (χ3v) is 3.80. The summed E-state index contributed by atoms with van der Waals surface area (Å²) in [5.41, 5.74) is 0.902. The molecule has 1 atom stereocenters. The van der Waals surface area contributed by atoms with E-state index in [4.69, 9.17) is 9.84 Å². The van der Waals surface area contributed by atoms with Crippen LogP contribution in [-0.2, 0) is 17.4 Å². The second-order valence-corrected chi connectivity index (χ2v) is 5.54. The Hall–Kier alpha value is -0.910. The van der Waals surface area contributed by atoms with Gasteiger partial charge in [-0.3, -0.25) is 9.58 Å². The molecule has 1 aromatic rings. The van der Waals surface area contributed by atoms with Crippen LogP contribution in [-0.4, -0.2) is 52.6 Å². The maximum absolute atomic E-state index is 8.79. The van der Waals surface area contributed by atoms with E-state index in [1.54, 1.807) is 0 Å². The third kappa shape index (κ3) is 3.78. The summed E-state index contributed by atoms with van der Waals surface area (Å²) in [7, 11) is 1.93. The first-order chi connectivity index (χ1) is 9.14. The van der Waals surface area contributed by atoms with Crippen molar-refractivity contribution in [2.45, 2.75) is 31.8 Å². The van der Waals surface area contributed by atoms with Gasteiger partial charge < -0.3 is 9.84 Å². The van der Waals surface area contributed by atoms with Crippen molar-refractivity contribution >= 4 is 0 Å². The average Bonchev–Trinajstić information content (AvgIpc) is 2.82. The fourth-order valence-corrected chi connectivity index (χ4v) is 2.64. The summed E-state index contributed by atoms with van der Waals surface area (Å²) < 4.78 is 7.81. The lowest BCUT2D eigenvalue weighted by molar-refractivity contribution is -0.103. The van der Waals surface area contributed by atoms with Crippen LogP contribution >= 0.6 is 0 Å². The number of hydrogen-bond acceptors (Lipinski definition) is 4. The normalized spacial score (nSPS) is 24.8. The van der Waals surface area contributed by atoms with Crippen LogP contribution in [0.2, 0.25) is 0 Å². The summed E-state index contributed by atoms with van der Waals surface area (Å²) in [6.45, 7) is 6.21. The lowest BCUT2D eigenvalue weighted by Crippen LogP contribution is -2.48. The third-order valence-electron chi connectivity index (χ3n) is 3.80. The van der Waals surface area contributed by atoms with Gasteiger partial charge in [-0.05, 0) is 32.7 Å². The van der Waals surface area contributed by atoms with Crippen molar-refractivity contribution < 1.29 is 9.84 Å². The Morgan fingerprint density at radius 2 is 2.26 bits per heavy atom. The number of rotatable bonds is 6. The van der Waals surface area contributed by atoms with Crippen molar-refractivity contribution in [3.63, 3.8) is 0 Å². The predicted molar refractivity (Wildman–Crippen MR) is 73.9 cm³/mol. The zero-order valence-electron chi connectivity index (χ0n) is 12.0. The Labute approximate surface area is 115 Å². The quantitative estimate of drug-likeness (QED) is 0.785. The van der Waals surface area contributed by atoms with Crippen LogP contribution in [0.3, 0.4) is 0 Å². The molecule has 0 spiro atoms. The first-order valence-electron chi connectivity index (χ1n) is 7.10. The monoisotopic (exact) mass is 267 g/mol. The molecule has 5 nitrogen and oxygen atoms in total. The topological polar surface area (TPSA) is 50.5 Å². The van der Waals surface area contributed by atoms with E-state index < -0.39 is 0 Å². The van der Waals surface area contributed by atoms with E-state index in [0.29, 0.717) is 6.61 Å². The van der Waals surface area contributed by atoms with Gasteiger partial charge in [0.25, 0.3) is 0 Å². The Kier molecular flexibility index (Phi) is 4.96. The summed E-state index contributed by atoms with van der Waals surface area (Å²) in [5, 5.41) is 13.0. The van der Waals surface area contributed by atoms with Crippen LogP contribution in [0.25, 0.3) is 0 Å². The molecule has 1 aromatic heterocycles. The van der Waals surface area contributed by atoms with Gasteiger partial charge in [-0.2, -0.15) is 5.10 Å². The number of aromatic nitrogens is 2. The predicted octanol–water partition coefficient (Wildman–Crippen LogP) is 1.13. The molecule has 0 radical (unpaired) electrons. The Balaban J connectivity index is 1.89. The molecular weight excluding hydrogens is 242 g/mol. The number of hydrogen-bond donors (Lipinski definition) is 1. The van der Waals surface area contributed by atoms with Crippen molar-refractivity contribution in [2.75, 3.05) is 32.8 Å². The molecule has 1 saturated heterocycles. The van der Waals surface area contributed by atoms with Gasteiger partial charge in [0.15, 0.2) is 0 Å². The minimum absolute atomic E-state index is 0.247. The van der Waals surface area contributed by atoms with Crippen LogP contribution in [0, 0.1) is 0 Å². The highest BCUT2D eigenvalue weighted by molar-refractivity contribution is 5.16. The maximum Gasteiger partial charge on any atom is 0.106 e. The summed E-state index contributed by atoms with van der Waals surface area (Å²) in [6, 6.07) is 0. The second kappa shape index (κ2) is 6.50. The Bertz CT molecular complexity index is 394. The van der Waals surface area contributed by atoms with Crippen molar-refractivity contribution in [3.05, 3.63) is 18.0 Å². The molecule has 1 fully saturated rings. The minimum Gasteiger partial charge on any atom is -0.396 e. The number of aryl methyl sites for hydroxylation is 1. The molecule has 5 heteroatoms. The van der Waals surface area contributed by atoms with Gasteiger partial charge >= 0.3 is 0 Å². The molecule has 108 valence electrons. The fraction of sp³-hybridized carbons (Fsp3) is 0.786. The number of unbranched alkanes of at least 4 members (excludes halogenated alkanes) is 2. The highest BCUT2D eigenvalue weighted by atomic mass is 16.5. The van der Waals surface area contributed by atoms with Crippen molar-refractivity contribution in [1.29, 1.82) is 0 Å². The first kappa shape index (κ1) is 14.5. The van der Waals surface area contributed by atoms with E-state index >= 15 is 0 Å². The van der Waals surface area contributed by atoms with Crippen LogP contribution in [0.15, 0.2) is 12.4 Å². The molecule has 2 heterocycles. The molecule has 1 aliphatic rings. The summed E-state index contributed by atoms with van der Waals surface area (Å²) >= 11 is 0. The summed E-state index contributed by atoms with van der Waals surface area (Å²) in [4.78, 5) is 2.45. The lowest BCUT2D eigenvalue weighted by atomic mass is 9.97. The number of aliphatic hydroxyl groups is 1. The number of aliphatic hydroxyl groups excluding tert-OH is 1. The van der Waals surface area contributed by atoms with Crippen molar-refractivity contribution in [3.8, 4) is 0 Å². The van der Waals surface area contributed by atoms with E-state index in [9.17, 15) is 0 Å². The largest absolute Gasteiger partial charge is 0.396 e. The van der Waals surface area contributed by atoms with Gasteiger partial charge in [0.2, 0.25) is 0 Å². The number of ether oxygens (including phenoxy) is 1. The van der Waals surface area contributed by atoms with Gasteiger partial charge in [0.05, 0.1) is 12.8 Å². The Morgan fingerprint density at radius 1 is 1.42 bits per heavy atom. The number of nitrogens with zero attached hydrogens (tertiary/aromatic N) is 3. The molecule has 1 unspecified atom stereocenters. The zero-order chi connectivity index (χ0) is 13.7. The molecule has 0 saturated carbocycles. The second-order valence-electron chi connectivity index (χ2n) is 5.54. The van der Waals surface area contributed by atoms with E-state index in [1.165, 1.54) is 0 Å². The van der Waals surface area contributed by atoms with Gasteiger partial charge in [0, 0.05) is 38.5 Å². The van der Waals surface area contributed by atoms with Gasteiger partial charge in [-0.1, -0.05) is 0 Å². The van der Waals surface area contributed by atoms with Crippen molar-refractivity contribution in [2.24, 2.45) is 7.05 Å². The highest BCUT2D eigenvalue weighted by Crippen LogP contribution is 2.29. The summed E-state index contributed by atoms with van der Waals surface area (Å²) in [5.74, 6) is 0. The number of morpholine rings is 1. The average molecular weight is 267 g/mol. The summed E-state index contributed by atoms with van der Waals surface area (Å²) in [6.07, 6.45) is 7.08. The van der Waals surface area contributed by atoms with Crippen LogP contribution in [0.1, 0.15) is 31.7 Å². The lowest BCUT2D eigenvalue weighted by Gasteiger charge is -2.40. The van der Waals surface area contributed by atoms with E-state index in [2.05, 4.69) is 16.9 Å². The molecular formula is C14H25N3O2. The standard InChI is InChI=1S/C14H25N3O2/c1-14(13-10-15-16(2)11-13)12-17(7-9-19-14)6-4-3-5-8-18/h10-11,18H,3-9,12H2,1-2H3. The van der Waals surface area contributed by atoms with Crippen LogP contribution in [0.5, 0.6) is 0 Å². The molecule has 0 aliphatic carbocycles. The van der Waals surface area contributed by atoms with Gasteiger partial charge in [-0.15, -0.1) is 0 Å². The van der Waals surface area contributed by atoms with Gasteiger partial charge in [0.1, 0.15) is 5.60 Å². The Morgan fingerprint density at radius 3 is 2.95 bits per heavy atom. The molecule has 1 N–H and O–H groups in total. The van der Waals surface area contributed by atoms with Crippen molar-refractivity contribution in [1.82, 2.24) is 14.7 Å². The molecule has 1 aliphatic heterocycles. The van der Waals surface area contributed by atoms with Crippen LogP contribution in [0.4, 0.5) is 0 Å². The first-order valence-corrected chi connectivity index (χ1v) is 7.10. The smallest absolute Gasteiger partial charge is 0.106 e. The SMILES string of the molecule is Cn1cc(C2(C)CN(CCCCCO)CCO2)cn1. The van der Waals surface area contributed by atoms with E-state index in [1.807, 2.05) is 24.1 Å². The fourth-order valence-electron chi connectivity index (χ4n) is 2.64. The highest BCUT2D eigenvalue weighted by Gasteiger charge is 2.34.